The standard InChI is InChI=1S/C12H8F3N3/c13-12(14,15)10-3-1-9(2-4-10)11-17-6-8(5-16)7-18-11/h1-7,16H. The number of benzene rings is 1. The first-order chi connectivity index (χ1) is 8.50. The molecule has 0 amide bonds. The summed E-state index contributed by atoms with van der Waals surface area (Å²) in [7, 11) is 0. The van der Waals surface area contributed by atoms with Crippen LogP contribution in [0.5, 0.6) is 0 Å². The molecule has 2 aromatic rings. The zero-order valence-electron chi connectivity index (χ0n) is 9.07. The molecule has 0 saturated heterocycles. The van der Waals surface area contributed by atoms with E-state index in [0.717, 1.165) is 18.3 Å². The summed E-state index contributed by atoms with van der Waals surface area (Å²) in [6.07, 6.45) is -0.375. The van der Waals surface area contributed by atoms with Crippen LogP contribution < -0.4 is 0 Å². The molecule has 0 aliphatic carbocycles. The highest BCUT2D eigenvalue weighted by Gasteiger charge is 2.30. The molecule has 3 nitrogen and oxygen atoms in total. The second kappa shape index (κ2) is 4.56. The number of rotatable bonds is 2. The number of halogens is 3. The zero-order chi connectivity index (χ0) is 13.2. The van der Waals surface area contributed by atoms with Crippen LogP contribution in [0.15, 0.2) is 36.7 Å². The number of alkyl halides is 3. The third kappa shape index (κ3) is 2.53. The summed E-state index contributed by atoms with van der Waals surface area (Å²) in [5, 5.41) is 6.99. The van der Waals surface area contributed by atoms with Gasteiger partial charge >= 0.3 is 6.18 Å². The van der Waals surface area contributed by atoms with Crippen molar-refractivity contribution in [1.29, 1.82) is 5.41 Å². The topological polar surface area (TPSA) is 49.6 Å². The van der Waals surface area contributed by atoms with Crippen molar-refractivity contribution in [3.8, 4) is 11.4 Å². The lowest BCUT2D eigenvalue weighted by atomic mass is 10.1. The Morgan fingerprint density at radius 1 is 1.00 bits per heavy atom. The quantitative estimate of drug-likeness (QED) is 0.833. The van der Waals surface area contributed by atoms with E-state index in [1.165, 1.54) is 24.5 Å². The largest absolute Gasteiger partial charge is 0.416 e. The fourth-order valence-electron chi connectivity index (χ4n) is 1.37. The molecule has 1 N–H and O–H groups in total. The Morgan fingerprint density at radius 3 is 2.00 bits per heavy atom. The van der Waals surface area contributed by atoms with Gasteiger partial charge in [0.15, 0.2) is 5.82 Å². The number of hydrogen-bond acceptors (Lipinski definition) is 3. The lowest BCUT2D eigenvalue weighted by Gasteiger charge is -2.06. The summed E-state index contributed by atoms with van der Waals surface area (Å²) in [4.78, 5) is 7.94. The number of nitrogens with zero attached hydrogens (tertiary/aromatic N) is 2. The number of nitrogens with one attached hydrogen (secondary N) is 1. The van der Waals surface area contributed by atoms with Gasteiger partial charge in [0.2, 0.25) is 0 Å². The monoisotopic (exact) mass is 251 g/mol. The fraction of sp³-hybridized carbons (Fsp3) is 0.0833. The average molecular weight is 251 g/mol. The predicted octanol–water partition coefficient (Wildman–Crippen LogP) is 3.16. The Balaban J connectivity index is 2.31. The minimum atomic E-state index is -4.34. The van der Waals surface area contributed by atoms with Gasteiger partial charge in [-0.05, 0) is 12.1 Å². The van der Waals surface area contributed by atoms with E-state index in [9.17, 15) is 13.2 Å². The second-order valence-corrected chi connectivity index (χ2v) is 3.56. The van der Waals surface area contributed by atoms with Crippen molar-refractivity contribution in [2.24, 2.45) is 0 Å². The first-order valence-corrected chi connectivity index (χ1v) is 5.01. The lowest BCUT2D eigenvalue weighted by Crippen LogP contribution is -2.04. The van der Waals surface area contributed by atoms with E-state index in [1.54, 1.807) is 0 Å². The maximum atomic E-state index is 12.4. The molecule has 0 radical (unpaired) electrons. The van der Waals surface area contributed by atoms with Crippen LogP contribution in [0.25, 0.3) is 11.4 Å². The molecule has 1 aromatic heterocycles. The van der Waals surface area contributed by atoms with Crippen molar-refractivity contribution in [2.75, 3.05) is 0 Å². The summed E-state index contributed by atoms with van der Waals surface area (Å²) in [6, 6.07) is 4.62. The van der Waals surface area contributed by atoms with Crippen molar-refractivity contribution >= 4 is 6.21 Å². The van der Waals surface area contributed by atoms with Gasteiger partial charge in [-0.3, -0.25) is 0 Å². The average Bonchev–Trinajstić information content (AvgIpc) is 2.38. The van der Waals surface area contributed by atoms with Crippen molar-refractivity contribution in [2.45, 2.75) is 6.18 Å². The summed E-state index contributed by atoms with van der Waals surface area (Å²) in [5.41, 5.74) is 0.326. The molecule has 6 heteroatoms. The van der Waals surface area contributed by atoms with Gasteiger partial charge in [0.05, 0.1) is 5.56 Å². The van der Waals surface area contributed by atoms with Crippen molar-refractivity contribution in [1.82, 2.24) is 9.97 Å². The maximum Gasteiger partial charge on any atom is 0.416 e. The van der Waals surface area contributed by atoms with Crippen molar-refractivity contribution in [3.05, 3.63) is 47.8 Å². The third-order valence-corrected chi connectivity index (χ3v) is 2.31. The molecular weight excluding hydrogens is 243 g/mol. The molecule has 0 aliphatic rings. The van der Waals surface area contributed by atoms with E-state index in [2.05, 4.69) is 9.97 Å². The molecule has 0 fully saturated rings. The molecule has 0 saturated carbocycles. The van der Waals surface area contributed by atoms with Crippen LogP contribution in [-0.2, 0) is 6.18 Å². The molecule has 92 valence electrons. The molecule has 18 heavy (non-hydrogen) atoms. The van der Waals surface area contributed by atoms with Gasteiger partial charge in [0, 0.05) is 29.7 Å². The molecule has 0 bridgehead atoms. The Bertz CT molecular complexity index is 544. The molecule has 1 heterocycles. The van der Waals surface area contributed by atoms with Gasteiger partial charge in [-0.15, -0.1) is 0 Å². The third-order valence-electron chi connectivity index (χ3n) is 2.31. The molecule has 0 unspecified atom stereocenters. The predicted molar refractivity (Wildman–Crippen MR) is 60.4 cm³/mol. The van der Waals surface area contributed by atoms with E-state index in [0.29, 0.717) is 17.0 Å². The normalized spacial score (nSPS) is 11.3. The molecule has 0 aliphatic heterocycles. The SMILES string of the molecule is N=Cc1cnc(-c2ccc(C(F)(F)F)cc2)nc1. The van der Waals surface area contributed by atoms with Crippen molar-refractivity contribution < 1.29 is 13.2 Å². The minimum absolute atomic E-state index is 0.328. The number of aromatic nitrogens is 2. The van der Waals surface area contributed by atoms with E-state index >= 15 is 0 Å². The van der Waals surface area contributed by atoms with Gasteiger partial charge in [0.1, 0.15) is 0 Å². The van der Waals surface area contributed by atoms with Crippen LogP contribution in [0.4, 0.5) is 13.2 Å². The highest BCUT2D eigenvalue weighted by molar-refractivity contribution is 5.76. The van der Waals surface area contributed by atoms with Gasteiger partial charge in [-0.2, -0.15) is 13.2 Å². The van der Waals surface area contributed by atoms with Crippen LogP contribution in [-0.4, -0.2) is 16.2 Å². The summed E-state index contributed by atoms with van der Waals surface area (Å²) >= 11 is 0. The Hall–Kier alpha value is -2.24. The molecule has 0 atom stereocenters. The Morgan fingerprint density at radius 2 is 1.56 bits per heavy atom. The zero-order valence-corrected chi connectivity index (χ0v) is 9.07. The highest BCUT2D eigenvalue weighted by atomic mass is 19.4. The van der Waals surface area contributed by atoms with Crippen LogP contribution in [0.2, 0.25) is 0 Å². The van der Waals surface area contributed by atoms with Crippen LogP contribution in [0, 0.1) is 5.41 Å². The summed E-state index contributed by atoms with van der Waals surface area (Å²) in [6.45, 7) is 0. The molecular formula is C12H8F3N3. The lowest BCUT2D eigenvalue weighted by molar-refractivity contribution is -0.137. The first kappa shape index (κ1) is 12.2. The van der Waals surface area contributed by atoms with Crippen LogP contribution >= 0.6 is 0 Å². The molecule has 1 aromatic carbocycles. The van der Waals surface area contributed by atoms with E-state index in [1.807, 2.05) is 0 Å². The first-order valence-electron chi connectivity index (χ1n) is 5.01. The smallest absolute Gasteiger partial charge is 0.308 e. The minimum Gasteiger partial charge on any atom is -0.308 e. The number of hydrogen-bond donors (Lipinski definition) is 1. The maximum absolute atomic E-state index is 12.4. The summed E-state index contributed by atoms with van der Waals surface area (Å²) in [5.74, 6) is 0.328. The van der Waals surface area contributed by atoms with E-state index in [4.69, 9.17) is 5.41 Å². The van der Waals surface area contributed by atoms with Crippen LogP contribution in [0.1, 0.15) is 11.1 Å². The Labute approximate surface area is 101 Å². The Kier molecular flexibility index (Phi) is 3.10. The summed E-state index contributed by atoms with van der Waals surface area (Å²) < 4.78 is 37.1. The molecule has 2 rings (SSSR count). The van der Waals surface area contributed by atoms with Crippen LogP contribution in [0.3, 0.4) is 0 Å². The van der Waals surface area contributed by atoms with Gasteiger partial charge in [0.25, 0.3) is 0 Å². The fourth-order valence-corrected chi connectivity index (χ4v) is 1.37. The van der Waals surface area contributed by atoms with Gasteiger partial charge in [-0.1, -0.05) is 12.1 Å². The molecule has 0 spiro atoms. The highest BCUT2D eigenvalue weighted by Crippen LogP contribution is 2.30. The van der Waals surface area contributed by atoms with E-state index in [-0.39, 0.29) is 0 Å². The van der Waals surface area contributed by atoms with Crippen molar-refractivity contribution in [3.63, 3.8) is 0 Å². The van der Waals surface area contributed by atoms with E-state index < -0.39 is 11.7 Å². The second-order valence-electron chi connectivity index (χ2n) is 3.56. The van der Waals surface area contributed by atoms with Gasteiger partial charge < -0.3 is 5.41 Å². The van der Waals surface area contributed by atoms with Gasteiger partial charge in [-0.25, -0.2) is 9.97 Å².